The van der Waals surface area contributed by atoms with Crippen LogP contribution >= 0.6 is 0 Å². The molecule has 0 aliphatic carbocycles. The van der Waals surface area contributed by atoms with Gasteiger partial charge >= 0.3 is 0 Å². The first kappa shape index (κ1) is 15.6. The van der Waals surface area contributed by atoms with Crippen LogP contribution in [0.5, 0.6) is 5.75 Å². The van der Waals surface area contributed by atoms with E-state index in [4.69, 9.17) is 13.6 Å². The Bertz CT molecular complexity index is 1030. The van der Waals surface area contributed by atoms with Gasteiger partial charge in [-0.1, -0.05) is 32.0 Å². The normalized spacial score (nSPS) is 11.5. The number of anilines is 1. The molecule has 0 fully saturated rings. The molecule has 0 unspecified atom stereocenters. The fraction of sp³-hybridized carbons (Fsp3) is 0.250. The predicted molar refractivity (Wildman–Crippen MR) is 98.2 cm³/mol. The molecule has 1 N–H and O–H groups in total. The van der Waals surface area contributed by atoms with Crippen LogP contribution in [-0.4, -0.2) is 12.1 Å². The highest BCUT2D eigenvalue weighted by Gasteiger charge is 2.13. The zero-order chi connectivity index (χ0) is 17.4. The number of nitrogens with one attached hydrogen (secondary N) is 1. The molecule has 0 radical (unpaired) electrons. The van der Waals surface area contributed by atoms with Crippen molar-refractivity contribution in [3.63, 3.8) is 0 Å². The molecule has 5 nitrogen and oxygen atoms in total. The van der Waals surface area contributed by atoms with E-state index < -0.39 is 0 Å². The Kier molecular flexibility index (Phi) is 3.84. The Morgan fingerprint density at radius 1 is 1.08 bits per heavy atom. The van der Waals surface area contributed by atoms with Gasteiger partial charge in [0.15, 0.2) is 0 Å². The molecule has 128 valence electrons. The Hall–Kier alpha value is -2.95. The van der Waals surface area contributed by atoms with Crippen LogP contribution in [0, 0.1) is 0 Å². The van der Waals surface area contributed by atoms with Gasteiger partial charge in [-0.3, -0.25) is 0 Å². The van der Waals surface area contributed by atoms with Gasteiger partial charge in [0.25, 0.3) is 0 Å². The van der Waals surface area contributed by atoms with E-state index in [2.05, 4.69) is 24.1 Å². The van der Waals surface area contributed by atoms with Crippen molar-refractivity contribution in [2.45, 2.75) is 26.3 Å². The fourth-order valence-electron chi connectivity index (χ4n) is 2.90. The number of methoxy groups -OCH3 is 1. The molecule has 0 atom stereocenters. The lowest BCUT2D eigenvalue weighted by Gasteiger charge is -2.10. The van der Waals surface area contributed by atoms with Crippen molar-refractivity contribution in [2.75, 3.05) is 12.4 Å². The molecule has 2 aromatic heterocycles. The Morgan fingerprint density at radius 3 is 2.68 bits per heavy atom. The SMILES string of the molecule is COc1cc2c(cc1NCc1ncc(C(C)C)o1)oc1ccccc12. The van der Waals surface area contributed by atoms with Crippen LogP contribution in [0.3, 0.4) is 0 Å². The third-order valence-corrected chi connectivity index (χ3v) is 4.27. The lowest BCUT2D eigenvalue weighted by atomic mass is 10.1. The van der Waals surface area contributed by atoms with Crippen molar-refractivity contribution in [3.05, 3.63) is 54.2 Å². The molecule has 25 heavy (non-hydrogen) atoms. The standard InChI is InChI=1S/C20H20N2O3/c1-12(2)19-10-22-20(25-19)11-21-15-9-17-14(8-18(15)23-3)13-6-4-5-7-16(13)24-17/h4-10,12,21H,11H2,1-3H3. The maximum atomic E-state index is 5.95. The van der Waals surface area contributed by atoms with E-state index in [9.17, 15) is 0 Å². The summed E-state index contributed by atoms with van der Waals surface area (Å²) in [4.78, 5) is 4.31. The number of nitrogens with zero attached hydrogens (tertiary/aromatic N) is 1. The van der Waals surface area contributed by atoms with Gasteiger partial charge in [0.1, 0.15) is 22.7 Å². The molecular formula is C20H20N2O3. The molecule has 0 saturated heterocycles. The van der Waals surface area contributed by atoms with E-state index >= 15 is 0 Å². The summed E-state index contributed by atoms with van der Waals surface area (Å²) in [6.07, 6.45) is 1.78. The molecule has 4 rings (SSSR count). The van der Waals surface area contributed by atoms with Gasteiger partial charge in [-0.15, -0.1) is 0 Å². The second-order valence-electron chi connectivity index (χ2n) is 6.31. The topological polar surface area (TPSA) is 60.4 Å². The number of oxazole rings is 1. The second-order valence-corrected chi connectivity index (χ2v) is 6.31. The highest BCUT2D eigenvalue weighted by Crippen LogP contribution is 2.36. The number of aromatic nitrogens is 1. The van der Waals surface area contributed by atoms with Crippen molar-refractivity contribution >= 4 is 27.6 Å². The quantitative estimate of drug-likeness (QED) is 0.534. The van der Waals surface area contributed by atoms with Crippen molar-refractivity contribution in [3.8, 4) is 5.75 Å². The van der Waals surface area contributed by atoms with Gasteiger partial charge in [-0.25, -0.2) is 4.98 Å². The molecule has 0 amide bonds. The van der Waals surface area contributed by atoms with E-state index in [1.165, 1.54) is 0 Å². The minimum atomic E-state index is 0.322. The van der Waals surface area contributed by atoms with Crippen LogP contribution in [0.25, 0.3) is 21.9 Å². The summed E-state index contributed by atoms with van der Waals surface area (Å²) in [5.41, 5.74) is 2.53. The average molecular weight is 336 g/mol. The molecular weight excluding hydrogens is 316 g/mol. The summed E-state index contributed by atoms with van der Waals surface area (Å²) < 4.78 is 17.2. The van der Waals surface area contributed by atoms with Crippen LogP contribution in [0.1, 0.15) is 31.4 Å². The minimum Gasteiger partial charge on any atom is -0.495 e. The van der Waals surface area contributed by atoms with Crippen molar-refractivity contribution < 1.29 is 13.6 Å². The highest BCUT2D eigenvalue weighted by molar-refractivity contribution is 6.06. The van der Waals surface area contributed by atoms with E-state index in [0.717, 1.165) is 39.1 Å². The van der Waals surface area contributed by atoms with E-state index in [-0.39, 0.29) is 0 Å². The third kappa shape index (κ3) is 2.82. The van der Waals surface area contributed by atoms with Gasteiger partial charge in [-0.2, -0.15) is 0 Å². The van der Waals surface area contributed by atoms with Gasteiger partial charge in [-0.05, 0) is 12.1 Å². The molecule has 4 aromatic rings. The monoisotopic (exact) mass is 336 g/mol. The molecule has 0 bridgehead atoms. The summed E-state index contributed by atoms with van der Waals surface area (Å²) in [5, 5.41) is 5.45. The van der Waals surface area contributed by atoms with Gasteiger partial charge in [0.05, 0.1) is 25.5 Å². The molecule has 0 spiro atoms. The van der Waals surface area contributed by atoms with Crippen molar-refractivity contribution in [2.24, 2.45) is 0 Å². The fourth-order valence-corrected chi connectivity index (χ4v) is 2.90. The minimum absolute atomic E-state index is 0.322. The first-order valence-electron chi connectivity index (χ1n) is 8.33. The number of fused-ring (bicyclic) bond motifs is 3. The van der Waals surface area contributed by atoms with E-state index in [0.29, 0.717) is 18.4 Å². The number of rotatable bonds is 5. The third-order valence-electron chi connectivity index (χ3n) is 4.27. The molecule has 0 aliphatic heterocycles. The van der Waals surface area contributed by atoms with Gasteiger partial charge < -0.3 is 18.9 Å². The number of ether oxygens (including phenoxy) is 1. The predicted octanol–water partition coefficient (Wildman–Crippen LogP) is 5.32. The van der Waals surface area contributed by atoms with Crippen LogP contribution in [0.2, 0.25) is 0 Å². The number of para-hydroxylation sites is 1. The summed E-state index contributed by atoms with van der Waals surface area (Å²) in [7, 11) is 1.66. The molecule has 5 heteroatoms. The van der Waals surface area contributed by atoms with E-state index in [1.807, 2.05) is 36.4 Å². The zero-order valence-electron chi connectivity index (χ0n) is 14.5. The smallest absolute Gasteiger partial charge is 0.213 e. The van der Waals surface area contributed by atoms with Crippen LogP contribution < -0.4 is 10.1 Å². The second kappa shape index (κ2) is 6.16. The molecule has 0 aliphatic rings. The van der Waals surface area contributed by atoms with Crippen LogP contribution in [0.4, 0.5) is 5.69 Å². The summed E-state index contributed by atoms with van der Waals surface area (Å²) >= 11 is 0. The summed E-state index contributed by atoms with van der Waals surface area (Å²) in [6, 6.07) is 11.9. The first-order valence-corrected chi connectivity index (χ1v) is 8.33. The number of furan rings is 1. The largest absolute Gasteiger partial charge is 0.495 e. The summed E-state index contributed by atoms with van der Waals surface area (Å²) in [5.74, 6) is 2.62. The summed E-state index contributed by atoms with van der Waals surface area (Å²) in [6.45, 7) is 4.64. The Morgan fingerprint density at radius 2 is 1.92 bits per heavy atom. The zero-order valence-corrected chi connectivity index (χ0v) is 14.5. The lowest BCUT2D eigenvalue weighted by molar-refractivity contribution is 0.416. The van der Waals surface area contributed by atoms with Gasteiger partial charge in [0.2, 0.25) is 5.89 Å². The highest BCUT2D eigenvalue weighted by atomic mass is 16.5. The first-order chi connectivity index (χ1) is 12.2. The van der Waals surface area contributed by atoms with Crippen molar-refractivity contribution in [1.82, 2.24) is 4.98 Å². The maximum Gasteiger partial charge on any atom is 0.213 e. The van der Waals surface area contributed by atoms with Crippen LogP contribution in [0.15, 0.2) is 51.4 Å². The van der Waals surface area contributed by atoms with Gasteiger partial charge in [0, 0.05) is 22.8 Å². The molecule has 2 aromatic carbocycles. The Balaban J connectivity index is 1.67. The molecule has 2 heterocycles. The van der Waals surface area contributed by atoms with Crippen molar-refractivity contribution in [1.29, 1.82) is 0 Å². The van der Waals surface area contributed by atoms with E-state index in [1.54, 1.807) is 13.3 Å². The number of hydrogen-bond acceptors (Lipinski definition) is 5. The average Bonchev–Trinajstić information content (AvgIpc) is 3.23. The Labute approximate surface area is 145 Å². The number of hydrogen-bond donors (Lipinski definition) is 1. The lowest BCUT2D eigenvalue weighted by Crippen LogP contribution is -2.01. The van der Waals surface area contributed by atoms with Crippen LogP contribution in [-0.2, 0) is 6.54 Å². The maximum absolute atomic E-state index is 5.95. The molecule has 0 saturated carbocycles. The number of benzene rings is 2.